The Kier molecular flexibility index (Phi) is 10.6. The van der Waals surface area contributed by atoms with Crippen molar-refractivity contribution >= 4 is 91.8 Å². The van der Waals surface area contributed by atoms with Crippen LogP contribution in [0.2, 0.25) is 9.36 Å². The van der Waals surface area contributed by atoms with Crippen LogP contribution < -0.4 is 16.5 Å². The van der Waals surface area contributed by atoms with Gasteiger partial charge in [0.25, 0.3) is 11.8 Å². The van der Waals surface area contributed by atoms with E-state index in [-0.39, 0.29) is 50.1 Å². The number of β-lactam (4-membered cyclic amide) rings is 1. The molecule has 7 N–H and O–H groups in total. The number of hydrogen-bond donors (Lipinski definition) is 6. The van der Waals surface area contributed by atoms with Crippen molar-refractivity contribution in [2.45, 2.75) is 70.1 Å². The fourth-order valence-corrected chi connectivity index (χ4v) is 9.79. The molecule has 5 heterocycles. The van der Waals surface area contributed by atoms with Crippen molar-refractivity contribution in [3.63, 3.8) is 0 Å². The minimum atomic E-state index is -1.86. The number of nitrogens with two attached hydrogens (primary N) is 1. The molecule has 17 nitrogen and oxygen atoms in total. The number of thiazole rings is 1. The molecule has 55 heavy (non-hydrogen) atoms. The molecular formula is C34H38Cl2N7O10S2+. The molecule has 2 fully saturated rings. The number of phenolic OH excluding ortho intramolecular Hbond substituents is 2. The number of likely N-dealkylation sites (tertiary alicyclic amines) is 1. The molecule has 0 saturated carbocycles. The van der Waals surface area contributed by atoms with E-state index in [9.17, 15) is 44.4 Å². The van der Waals surface area contributed by atoms with Gasteiger partial charge in [-0.1, -0.05) is 39.7 Å². The molecule has 0 unspecified atom stereocenters. The molecule has 2 saturated heterocycles. The minimum Gasteiger partial charge on any atom is -0.504 e. The number of hydrogen-bond acceptors (Lipinski definition) is 13. The van der Waals surface area contributed by atoms with Gasteiger partial charge in [-0.2, -0.15) is 0 Å². The number of nitrogens with zero attached hydrogens (tertiary/aromatic N) is 5. The molecule has 3 aliphatic rings. The molecular weight excluding hydrogens is 801 g/mol. The number of pyridine rings is 1. The summed E-state index contributed by atoms with van der Waals surface area (Å²) in [6, 6.07) is 0.0470. The Balaban J connectivity index is 1.31. The highest BCUT2D eigenvalue weighted by Crippen LogP contribution is 2.50. The molecule has 0 aliphatic carbocycles. The monoisotopic (exact) mass is 838 g/mol. The summed E-state index contributed by atoms with van der Waals surface area (Å²) in [4.78, 5) is 75.2. The van der Waals surface area contributed by atoms with Gasteiger partial charge in [0, 0.05) is 43.0 Å². The number of aryl methyl sites for hydroxylation is 1. The Morgan fingerprint density at radius 3 is 2.44 bits per heavy atom. The molecule has 3 aromatic rings. The quantitative estimate of drug-likeness (QED) is 0.0505. The number of carboxylic acid groups (broad SMARTS) is 2. The first-order chi connectivity index (χ1) is 25.7. The number of quaternary nitrogens is 1. The number of nitrogens with one attached hydrogen (secondary N) is 1. The third-order valence-corrected chi connectivity index (χ3v) is 13.1. The van der Waals surface area contributed by atoms with E-state index in [2.05, 4.69) is 15.5 Å². The molecule has 294 valence electrons. The summed E-state index contributed by atoms with van der Waals surface area (Å²) < 4.78 is 2.04. The van der Waals surface area contributed by atoms with Gasteiger partial charge >= 0.3 is 11.9 Å². The second-order valence-corrected chi connectivity index (χ2v) is 17.7. The Morgan fingerprint density at radius 2 is 1.85 bits per heavy atom. The molecule has 21 heteroatoms. The van der Waals surface area contributed by atoms with Gasteiger partial charge in [0.2, 0.25) is 5.60 Å². The van der Waals surface area contributed by atoms with Gasteiger partial charge < -0.3 is 45.4 Å². The van der Waals surface area contributed by atoms with Gasteiger partial charge in [-0.3, -0.25) is 19.3 Å². The van der Waals surface area contributed by atoms with Crippen molar-refractivity contribution in [1.82, 2.24) is 19.8 Å². The molecule has 0 radical (unpaired) electrons. The summed E-state index contributed by atoms with van der Waals surface area (Å²) in [5.41, 5.74) is 3.77. The maximum atomic E-state index is 13.9. The summed E-state index contributed by atoms with van der Waals surface area (Å²) in [6.45, 7) is 7.99. The molecule has 2 aromatic heterocycles. The van der Waals surface area contributed by atoms with E-state index in [0.717, 1.165) is 29.1 Å². The number of aromatic hydroxyl groups is 2. The highest BCUT2D eigenvalue weighted by molar-refractivity contribution is 8.01. The van der Waals surface area contributed by atoms with Crippen LogP contribution in [0.5, 0.6) is 11.5 Å². The number of carbonyl (C=O) groups excluding carboxylic acids is 2. The van der Waals surface area contributed by atoms with Gasteiger partial charge in [-0.05, 0) is 27.7 Å². The first-order valence-corrected chi connectivity index (χ1v) is 19.6. The molecule has 2 atom stereocenters. The topological polar surface area (TPSA) is 247 Å². The summed E-state index contributed by atoms with van der Waals surface area (Å²) in [7, 11) is 0. The lowest BCUT2D eigenvalue weighted by atomic mass is 9.92. The molecule has 6 rings (SSSR count). The molecule has 3 aliphatic heterocycles. The zero-order chi connectivity index (χ0) is 40.4. The zero-order valence-corrected chi connectivity index (χ0v) is 33.2. The summed E-state index contributed by atoms with van der Waals surface area (Å²) in [5, 5.41) is 46.7. The number of oxime groups is 1. The van der Waals surface area contributed by atoms with E-state index in [4.69, 9.17) is 33.8 Å². The first kappa shape index (κ1) is 40.1. The number of amides is 2. The van der Waals surface area contributed by atoms with E-state index in [1.54, 1.807) is 17.7 Å². The van der Waals surface area contributed by atoms with Crippen LogP contribution in [-0.4, -0.2) is 111 Å². The van der Waals surface area contributed by atoms with Crippen LogP contribution >= 0.6 is 46.3 Å². The number of aromatic nitrogens is 2. The normalized spacial score (nSPS) is 21.1. The van der Waals surface area contributed by atoms with Gasteiger partial charge in [-0.25, -0.2) is 14.6 Å². The Morgan fingerprint density at radius 1 is 1.18 bits per heavy atom. The Labute approximate surface area is 331 Å². The highest BCUT2D eigenvalue weighted by Gasteiger charge is 2.63. The average molecular weight is 840 g/mol. The van der Waals surface area contributed by atoms with Gasteiger partial charge in [0.05, 0.1) is 34.6 Å². The second-order valence-electron chi connectivity index (χ2n) is 14.2. The third kappa shape index (κ3) is 6.96. The highest BCUT2D eigenvalue weighted by atomic mass is 35.5. The SMILES string of the molecule is CCn1cc(C[N+]2(CC3=C(C(=O)O)N4C(=O)[C@@H](NC(=O)/C(=N\OC(C)(C)C(=O)O)c5nc(N)sc5Cl)[C@@]4(C)SC3)CCCC2)c(=O)c2c(Cl)c(O)c(O)cc21. The smallest absolute Gasteiger partial charge is 0.352 e. The lowest BCUT2D eigenvalue weighted by molar-refractivity contribution is -0.925. The summed E-state index contributed by atoms with van der Waals surface area (Å²) >= 11 is 14.7. The van der Waals surface area contributed by atoms with Crippen LogP contribution in [-0.2, 0) is 37.1 Å². The van der Waals surface area contributed by atoms with E-state index < -0.39 is 62.9 Å². The zero-order valence-electron chi connectivity index (χ0n) is 30.0. The number of rotatable bonds is 12. The standard InChI is InChI=1S/C34H37Cl2N7O10S2/c1-5-41-11-15(24(45)19-17(41)10-18(44)25(46)20(19)35)12-43(8-6-7-9-43)13-16-14-54-34(4)26(29(48)42(34)23(16)30(49)50)39-28(47)22(21-27(36)55-32(37)38-21)40-53-33(2,3)31(51)52/h10-11,26H,5-9,12-14H2,1-4H3,(H6-,37,38,39,40,44,45,46,47,49,50,51,52)/p+1/t26-,34-/m1/s1. The van der Waals surface area contributed by atoms with Crippen LogP contribution in [0.1, 0.15) is 51.8 Å². The number of halogens is 2. The number of carbonyl (C=O) groups is 4. The number of benzene rings is 1. The van der Waals surface area contributed by atoms with Crippen LogP contribution in [0.4, 0.5) is 5.13 Å². The summed E-state index contributed by atoms with van der Waals surface area (Å²) in [6.07, 6.45) is 3.32. The number of carboxylic acids is 2. The van der Waals surface area contributed by atoms with Crippen molar-refractivity contribution in [3.05, 3.63) is 54.4 Å². The number of fused-ring (bicyclic) bond motifs is 2. The minimum absolute atomic E-state index is 0.0130. The van der Waals surface area contributed by atoms with Crippen LogP contribution in [0.3, 0.4) is 0 Å². The largest absolute Gasteiger partial charge is 0.504 e. The molecule has 0 spiro atoms. The van der Waals surface area contributed by atoms with E-state index in [0.29, 0.717) is 40.8 Å². The molecule has 0 bridgehead atoms. The fourth-order valence-electron chi connectivity index (χ4n) is 7.25. The van der Waals surface area contributed by atoms with E-state index in [1.165, 1.54) is 31.7 Å². The first-order valence-electron chi connectivity index (χ1n) is 17.0. The van der Waals surface area contributed by atoms with Crippen LogP contribution in [0, 0.1) is 0 Å². The van der Waals surface area contributed by atoms with Crippen molar-refractivity contribution < 1.29 is 48.9 Å². The van der Waals surface area contributed by atoms with Crippen molar-refractivity contribution in [1.29, 1.82) is 0 Å². The molecule has 2 amide bonds. The van der Waals surface area contributed by atoms with Gasteiger partial charge in [-0.15, -0.1) is 11.8 Å². The third-order valence-electron chi connectivity index (χ3n) is 10.2. The number of thioether (sulfide) groups is 1. The Hall–Kier alpha value is -4.56. The number of aliphatic carboxylic acids is 2. The predicted molar refractivity (Wildman–Crippen MR) is 205 cm³/mol. The fraction of sp³-hybridized carbons (Fsp3) is 0.441. The van der Waals surface area contributed by atoms with Crippen molar-refractivity contribution in [2.75, 3.05) is 31.1 Å². The summed E-state index contributed by atoms with van der Waals surface area (Å²) in [5.74, 6) is -5.29. The lowest BCUT2D eigenvalue weighted by Gasteiger charge is -2.57. The van der Waals surface area contributed by atoms with Crippen molar-refractivity contribution in [2.24, 2.45) is 5.16 Å². The van der Waals surface area contributed by atoms with Crippen molar-refractivity contribution in [3.8, 4) is 11.5 Å². The lowest BCUT2D eigenvalue weighted by Crippen LogP contribution is -2.78. The Bertz CT molecular complexity index is 2280. The van der Waals surface area contributed by atoms with E-state index >= 15 is 0 Å². The number of anilines is 1. The van der Waals surface area contributed by atoms with Crippen LogP contribution in [0.25, 0.3) is 10.9 Å². The maximum Gasteiger partial charge on any atom is 0.352 e. The van der Waals surface area contributed by atoms with Gasteiger partial charge in [0.1, 0.15) is 39.7 Å². The van der Waals surface area contributed by atoms with E-state index in [1.807, 2.05) is 6.92 Å². The second kappa shape index (κ2) is 14.5. The van der Waals surface area contributed by atoms with Gasteiger partial charge in [0.15, 0.2) is 27.8 Å². The average Bonchev–Trinajstić information content (AvgIpc) is 3.72. The molecule has 1 aromatic carbocycles. The van der Waals surface area contributed by atoms with Crippen LogP contribution in [0.15, 0.2) is 33.5 Å². The number of nitrogen functional groups attached to an aromatic ring is 1. The number of phenols is 2. The maximum absolute atomic E-state index is 13.9. The predicted octanol–water partition coefficient (Wildman–Crippen LogP) is 3.30.